The molecule has 0 saturated carbocycles. The van der Waals surface area contributed by atoms with Crippen molar-refractivity contribution in [2.45, 2.75) is 38.6 Å². The summed E-state index contributed by atoms with van der Waals surface area (Å²) in [5, 5.41) is 2.15. The molecule has 3 N–H and O–H groups in total. The summed E-state index contributed by atoms with van der Waals surface area (Å²) in [7, 11) is 0. The van der Waals surface area contributed by atoms with Crippen LogP contribution in [0.2, 0.25) is 0 Å². The molecule has 20 heavy (non-hydrogen) atoms. The van der Waals surface area contributed by atoms with Crippen LogP contribution < -0.4 is 15.8 Å². The summed E-state index contributed by atoms with van der Waals surface area (Å²) in [5.74, 6) is -1.06. The smallest absolute Gasteiger partial charge is 0.415 e. The van der Waals surface area contributed by atoms with Gasteiger partial charge in [0.15, 0.2) is 5.54 Å². The Morgan fingerprint density at radius 2 is 1.85 bits per heavy atom. The van der Waals surface area contributed by atoms with Crippen LogP contribution in [0.25, 0.3) is 0 Å². The highest BCUT2D eigenvalue weighted by atomic mass is 19.4. The Morgan fingerprint density at radius 1 is 1.30 bits per heavy atom. The first kappa shape index (κ1) is 16.3. The fourth-order valence-corrected chi connectivity index (χ4v) is 1.31. The van der Waals surface area contributed by atoms with Crippen LogP contribution in [0.4, 0.5) is 18.9 Å². The van der Waals surface area contributed by atoms with Crippen molar-refractivity contribution in [3.63, 3.8) is 0 Å². The quantitative estimate of drug-likeness (QED) is 0.896. The van der Waals surface area contributed by atoms with Gasteiger partial charge in [-0.2, -0.15) is 13.2 Å². The molecule has 112 valence electrons. The second-order valence-electron chi connectivity index (χ2n) is 4.82. The van der Waals surface area contributed by atoms with Crippen molar-refractivity contribution in [1.29, 1.82) is 0 Å². The molecule has 0 aliphatic rings. The lowest BCUT2D eigenvalue weighted by Crippen LogP contribution is -2.59. The maximum Gasteiger partial charge on any atom is 0.415 e. The van der Waals surface area contributed by atoms with Crippen molar-refractivity contribution < 1.29 is 22.7 Å². The van der Waals surface area contributed by atoms with E-state index in [2.05, 4.69) is 5.32 Å². The van der Waals surface area contributed by atoms with Crippen molar-refractivity contribution in [3.8, 4) is 5.75 Å². The van der Waals surface area contributed by atoms with Crippen LogP contribution in [0.3, 0.4) is 0 Å². The topological polar surface area (TPSA) is 64.3 Å². The summed E-state index contributed by atoms with van der Waals surface area (Å²) in [5.41, 5.74) is 2.23. The van der Waals surface area contributed by atoms with Crippen LogP contribution in [-0.2, 0) is 4.79 Å². The second kappa shape index (κ2) is 5.70. The molecule has 0 aliphatic heterocycles. The number of ether oxygens (including phenoxy) is 1. The lowest BCUT2D eigenvalue weighted by atomic mass is 10.0. The van der Waals surface area contributed by atoms with E-state index >= 15 is 0 Å². The molecule has 1 aromatic rings. The lowest BCUT2D eigenvalue weighted by molar-refractivity contribution is -0.184. The number of nitrogens with one attached hydrogen (secondary N) is 1. The highest BCUT2D eigenvalue weighted by Gasteiger charge is 2.54. The molecule has 0 bridgehead atoms. The third-order valence-electron chi connectivity index (χ3n) is 2.56. The van der Waals surface area contributed by atoms with Crippen molar-refractivity contribution in [2.75, 3.05) is 5.32 Å². The predicted molar refractivity (Wildman–Crippen MR) is 69.5 cm³/mol. The Kier molecular flexibility index (Phi) is 4.65. The van der Waals surface area contributed by atoms with Gasteiger partial charge in [-0.3, -0.25) is 4.79 Å². The highest BCUT2D eigenvalue weighted by molar-refractivity contribution is 5.99. The maximum atomic E-state index is 12.7. The van der Waals surface area contributed by atoms with Gasteiger partial charge >= 0.3 is 6.18 Å². The first-order valence-corrected chi connectivity index (χ1v) is 5.98. The van der Waals surface area contributed by atoms with E-state index < -0.39 is 17.6 Å². The molecular weight excluding hydrogens is 273 g/mol. The lowest BCUT2D eigenvalue weighted by Gasteiger charge is -2.26. The standard InChI is InChI=1S/C13H17F3N2O2/c1-8(2)20-10-7-5-4-6-9(10)18-11(19)12(3,17)13(14,15)16/h4-8H,17H2,1-3H3,(H,18,19). The van der Waals surface area contributed by atoms with E-state index in [1.165, 1.54) is 6.07 Å². The first-order valence-electron chi connectivity index (χ1n) is 5.98. The van der Waals surface area contributed by atoms with Crippen LogP contribution in [0.15, 0.2) is 24.3 Å². The molecule has 0 fully saturated rings. The Balaban J connectivity index is 2.97. The number of para-hydroxylation sites is 2. The molecule has 1 atom stereocenters. The molecule has 0 heterocycles. The third-order valence-corrected chi connectivity index (χ3v) is 2.56. The number of amides is 1. The monoisotopic (exact) mass is 290 g/mol. The molecule has 0 saturated heterocycles. The van der Waals surface area contributed by atoms with E-state index in [1.807, 2.05) is 0 Å². The molecule has 1 rings (SSSR count). The van der Waals surface area contributed by atoms with E-state index in [4.69, 9.17) is 10.5 Å². The van der Waals surface area contributed by atoms with Gasteiger partial charge in [0.25, 0.3) is 5.91 Å². The van der Waals surface area contributed by atoms with Crippen molar-refractivity contribution in [3.05, 3.63) is 24.3 Å². The number of nitrogens with two attached hydrogens (primary N) is 1. The number of carbonyl (C=O) groups is 1. The Morgan fingerprint density at radius 3 is 2.35 bits per heavy atom. The zero-order valence-corrected chi connectivity index (χ0v) is 11.4. The van der Waals surface area contributed by atoms with Gasteiger partial charge in [0, 0.05) is 0 Å². The zero-order chi connectivity index (χ0) is 15.6. The maximum absolute atomic E-state index is 12.7. The number of anilines is 1. The van der Waals surface area contributed by atoms with Crippen LogP contribution in [0.5, 0.6) is 5.75 Å². The summed E-state index contributed by atoms with van der Waals surface area (Å²) in [6.07, 6.45) is -5.02. The average Bonchev–Trinajstić information content (AvgIpc) is 2.29. The van der Waals surface area contributed by atoms with E-state index in [-0.39, 0.29) is 17.5 Å². The van der Waals surface area contributed by atoms with E-state index in [9.17, 15) is 18.0 Å². The first-order chi connectivity index (χ1) is 9.05. The van der Waals surface area contributed by atoms with Crippen LogP contribution in [0, 0.1) is 0 Å². The van der Waals surface area contributed by atoms with Gasteiger partial charge in [-0.05, 0) is 32.9 Å². The van der Waals surface area contributed by atoms with Crippen molar-refractivity contribution in [2.24, 2.45) is 5.73 Å². The fraction of sp³-hybridized carbons (Fsp3) is 0.462. The Labute approximate surface area is 115 Å². The van der Waals surface area contributed by atoms with Gasteiger partial charge in [-0.15, -0.1) is 0 Å². The van der Waals surface area contributed by atoms with E-state index in [1.54, 1.807) is 32.0 Å². The fourth-order valence-electron chi connectivity index (χ4n) is 1.31. The summed E-state index contributed by atoms with van der Waals surface area (Å²) in [4.78, 5) is 11.7. The third kappa shape index (κ3) is 3.63. The van der Waals surface area contributed by atoms with E-state index in [0.29, 0.717) is 6.92 Å². The summed E-state index contributed by atoms with van der Waals surface area (Å²) >= 11 is 0. The molecule has 1 amide bonds. The number of halogens is 3. The van der Waals surface area contributed by atoms with Crippen molar-refractivity contribution in [1.82, 2.24) is 0 Å². The number of alkyl halides is 3. The number of hydrogen-bond donors (Lipinski definition) is 2. The molecule has 0 aromatic heterocycles. The van der Waals surface area contributed by atoms with Crippen LogP contribution in [0.1, 0.15) is 20.8 Å². The minimum absolute atomic E-state index is 0.145. The molecule has 7 heteroatoms. The predicted octanol–water partition coefficient (Wildman–Crippen LogP) is 2.69. The second-order valence-corrected chi connectivity index (χ2v) is 4.82. The van der Waals surface area contributed by atoms with Gasteiger partial charge in [-0.1, -0.05) is 12.1 Å². The zero-order valence-electron chi connectivity index (χ0n) is 11.4. The van der Waals surface area contributed by atoms with Gasteiger partial charge < -0.3 is 15.8 Å². The largest absolute Gasteiger partial charge is 0.489 e. The van der Waals surface area contributed by atoms with Gasteiger partial charge in [0.2, 0.25) is 0 Å². The van der Waals surface area contributed by atoms with Gasteiger partial charge in [0.05, 0.1) is 11.8 Å². The summed E-state index contributed by atoms with van der Waals surface area (Å²) < 4.78 is 43.4. The van der Waals surface area contributed by atoms with Crippen molar-refractivity contribution >= 4 is 11.6 Å². The minimum atomic E-state index is -4.84. The Bertz CT molecular complexity index is 485. The molecule has 0 aliphatic carbocycles. The number of hydrogen-bond acceptors (Lipinski definition) is 3. The number of rotatable bonds is 4. The Hall–Kier alpha value is -1.76. The minimum Gasteiger partial charge on any atom is -0.489 e. The SMILES string of the molecule is CC(C)Oc1ccccc1NC(=O)C(C)(N)C(F)(F)F. The highest BCUT2D eigenvalue weighted by Crippen LogP contribution is 2.31. The van der Waals surface area contributed by atoms with Gasteiger partial charge in [-0.25, -0.2) is 0 Å². The molecule has 4 nitrogen and oxygen atoms in total. The van der Waals surface area contributed by atoms with E-state index in [0.717, 1.165) is 0 Å². The molecule has 0 radical (unpaired) electrons. The van der Waals surface area contributed by atoms with Crippen LogP contribution >= 0.6 is 0 Å². The van der Waals surface area contributed by atoms with Crippen LogP contribution in [-0.4, -0.2) is 23.7 Å². The summed E-state index contributed by atoms with van der Waals surface area (Å²) in [6, 6.07) is 6.22. The number of carbonyl (C=O) groups excluding carboxylic acids is 1. The molecule has 0 spiro atoms. The summed E-state index contributed by atoms with van der Waals surface area (Å²) in [6.45, 7) is 4.15. The average molecular weight is 290 g/mol. The molecular formula is C13H17F3N2O2. The normalized spacial score (nSPS) is 14.8. The molecule has 1 unspecified atom stereocenters. The molecule has 1 aromatic carbocycles. The number of benzene rings is 1. The van der Waals surface area contributed by atoms with Gasteiger partial charge in [0.1, 0.15) is 5.75 Å².